The number of pyridine rings is 1. The van der Waals surface area contributed by atoms with Crippen molar-refractivity contribution >= 4 is 33.7 Å². The van der Waals surface area contributed by atoms with Crippen molar-refractivity contribution in [2.75, 3.05) is 23.7 Å². The van der Waals surface area contributed by atoms with Gasteiger partial charge in [-0.1, -0.05) is 0 Å². The van der Waals surface area contributed by atoms with Gasteiger partial charge in [-0.15, -0.1) is 13.2 Å². The van der Waals surface area contributed by atoms with Crippen molar-refractivity contribution < 1.29 is 35.9 Å². The van der Waals surface area contributed by atoms with Crippen molar-refractivity contribution in [3.05, 3.63) is 48.2 Å². The zero-order valence-corrected chi connectivity index (χ0v) is 19.4. The van der Waals surface area contributed by atoms with E-state index in [9.17, 15) is 31.2 Å². The summed E-state index contributed by atoms with van der Waals surface area (Å²) in [6, 6.07) is 6.67. The Morgan fingerprint density at radius 1 is 1.12 bits per heavy atom. The summed E-state index contributed by atoms with van der Waals surface area (Å²) < 4.78 is 68.3. The van der Waals surface area contributed by atoms with Gasteiger partial charge in [0.15, 0.2) is 0 Å². The number of ether oxygens (including phenoxy) is 1. The molecular formula is C20H22F3N5O5S. The number of amides is 3. The summed E-state index contributed by atoms with van der Waals surface area (Å²) in [5.41, 5.74) is -0.712. The maximum atomic E-state index is 13.1. The van der Waals surface area contributed by atoms with Gasteiger partial charge in [0, 0.05) is 26.8 Å². The van der Waals surface area contributed by atoms with E-state index in [4.69, 9.17) is 0 Å². The topological polar surface area (TPSA) is 112 Å². The first-order valence-electron chi connectivity index (χ1n) is 9.79. The Morgan fingerprint density at radius 2 is 1.74 bits per heavy atom. The number of carbonyl (C=O) groups excluding carboxylic acids is 2. The van der Waals surface area contributed by atoms with Crippen LogP contribution in [0.15, 0.2) is 42.6 Å². The Kier molecular flexibility index (Phi) is 6.50. The molecule has 2 heterocycles. The van der Waals surface area contributed by atoms with Gasteiger partial charge < -0.3 is 9.64 Å². The zero-order valence-electron chi connectivity index (χ0n) is 18.6. The molecule has 1 saturated heterocycles. The molecule has 1 aliphatic heterocycles. The van der Waals surface area contributed by atoms with Gasteiger partial charge in [-0.25, -0.2) is 14.7 Å². The second-order valence-corrected chi connectivity index (χ2v) is 9.93. The number of carbonyl (C=O) groups is 2. The largest absolute Gasteiger partial charge is 0.573 e. The number of hydrogen-bond acceptors (Lipinski definition) is 6. The molecule has 14 heteroatoms. The highest BCUT2D eigenvalue weighted by Crippen LogP contribution is 2.34. The Bertz CT molecular complexity index is 1200. The number of benzene rings is 1. The number of alkyl halides is 3. The van der Waals surface area contributed by atoms with Crippen LogP contribution in [0.5, 0.6) is 5.75 Å². The highest BCUT2D eigenvalue weighted by atomic mass is 32.2. The van der Waals surface area contributed by atoms with Gasteiger partial charge in [-0.2, -0.15) is 12.7 Å². The number of halogens is 3. The van der Waals surface area contributed by atoms with Gasteiger partial charge in [-0.05, 0) is 55.8 Å². The number of hydrogen-bond donors (Lipinski definition) is 1. The van der Waals surface area contributed by atoms with Crippen LogP contribution in [0.3, 0.4) is 0 Å². The van der Waals surface area contributed by atoms with E-state index in [0.717, 1.165) is 21.3 Å². The molecule has 1 fully saturated rings. The molecule has 0 spiro atoms. The van der Waals surface area contributed by atoms with Crippen molar-refractivity contribution in [1.29, 1.82) is 0 Å². The van der Waals surface area contributed by atoms with Crippen LogP contribution >= 0.6 is 0 Å². The van der Waals surface area contributed by atoms with Gasteiger partial charge in [-0.3, -0.25) is 9.52 Å². The molecule has 0 bridgehead atoms. The van der Waals surface area contributed by atoms with Gasteiger partial charge in [0.1, 0.15) is 17.1 Å². The first kappa shape index (κ1) is 25.2. The van der Waals surface area contributed by atoms with Gasteiger partial charge in [0.25, 0.3) is 5.91 Å². The number of rotatable bonds is 7. The first-order chi connectivity index (χ1) is 15.6. The second-order valence-electron chi connectivity index (χ2n) is 8.05. The molecule has 3 rings (SSSR count). The molecule has 10 nitrogen and oxygen atoms in total. The fraction of sp³-hybridized carbons (Fsp3) is 0.350. The summed E-state index contributed by atoms with van der Waals surface area (Å²) in [7, 11) is -1.11. The average molecular weight is 501 g/mol. The molecule has 1 N–H and O–H groups in total. The minimum Gasteiger partial charge on any atom is -0.406 e. The van der Waals surface area contributed by atoms with Crippen LogP contribution in [0, 0.1) is 0 Å². The lowest BCUT2D eigenvalue weighted by Crippen LogP contribution is -2.43. The minimum atomic E-state index is -4.87. The first-order valence-corrected chi connectivity index (χ1v) is 11.2. The molecule has 0 saturated carbocycles. The lowest BCUT2D eigenvalue weighted by Gasteiger charge is -2.27. The zero-order chi connectivity index (χ0) is 25.5. The van der Waals surface area contributed by atoms with E-state index >= 15 is 0 Å². The molecule has 3 amide bonds. The third kappa shape index (κ3) is 5.22. The van der Waals surface area contributed by atoms with Crippen LogP contribution in [-0.4, -0.2) is 60.5 Å². The number of anilines is 2. The van der Waals surface area contributed by atoms with E-state index in [-0.39, 0.29) is 18.1 Å². The molecule has 1 aliphatic rings. The van der Waals surface area contributed by atoms with Crippen molar-refractivity contribution in [3.8, 4) is 5.75 Å². The van der Waals surface area contributed by atoms with Crippen LogP contribution in [0.25, 0.3) is 0 Å². The van der Waals surface area contributed by atoms with Crippen LogP contribution in [-0.2, 0) is 21.5 Å². The fourth-order valence-corrected chi connectivity index (χ4v) is 3.72. The van der Waals surface area contributed by atoms with E-state index in [1.165, 1.54) is 57.2 Å². The van der Waals surface area contributed by atoms with Gasteiger partial charge in [0.2, 0.25) is 0 Å². The van der Waals surface area contributed by atoms with E-state index in [1.54, 1.807) is 6.07 Å². The Hall–Kier alpha value is -3.39. The highest BCUT2D eigenvalue weighted by molar-refractivity contribution is 7.90. The van der Waals surface area contributed by atoms with E-state index in [2.05, 4.69) is 14.4 Å². The molecule has 0 unspecified atom stereocenters. The average Bonchev–Trinajstić information content (AvgIpc) is 2.87. The number of nitrogens with zero attached hydrogens (tertiary/aromatic N) is 4. The molecule has 34 heavy (non-hydrogen) atoms. The lowest BCUT2D eigenvalue weighted by molar-refractivity contribution is -0.274. The van der Waals surface area contributed by atoms with E-state index < -0.39 is 39.8 Å². The smallest absolute Gasteiger partial charge is 0.406 e. The highest BCUT2D eigenvalue weighted by Gasteiger charge is 2.51. The van der Waals surface area contributed by atoms with Crippen LogP contribution < -0.4 is 14.4 Å². The SMILES string of the molecule is CN(C)S(=O)(=O)Nc1cc(CN2C(=O)N(c3ccc(OC(F)(F)F)cc3)C(=O)C2(C)C)ccn1. The standard InChI is InChI=1S/C20H22F3N5O5S/c1-19(2)17(29)28(14-5-7-15(8-6-14)33-20(21,22)23)18(30)27(19)12-13-9-10-24-16(11-13)25-34(31,32)26(3)4/h5-11H,12H2,1-4H3,(H,24,25). The fourth-order valence-electron chi connectivity index (χ4n) is 3.16. The van der Waals surface area contributed by atoms with E-state index in [1.807, 2.05) is 0 Å². The molecule has 1 aromatic heterocycles. The van der Waals surface area contributed by atoms with Crippen molar-refractivity contribution in [2.45, 2.75) is 32.3 Å². The summed E-state index contributed by atoms with van der Waals surface area (Å²) in [5, 5.41) is 0. The normalized spacial score (nSPS) is 16.4. The van der Waals surface area contributed by atoms with Crippen LogP contribution in [0.4, 0.5) is 29.5 Å². The molecule has 0 atom stereocenters. The predicted molar refractivity (Wildman–Crippen MR) is 116 cm³/mol. The molecular weight excluding hydrogens is 479 g/mol. The van der Waals surface area contributed by atoms with Gasteiger partial charge in [0.05, 0.1) is 5.69 Å². The maximum Gasteiger partial charge on any atom is 0.573 e. The Morgan fingerprint density at radius 3 is 2.29 bits per heavy atom. The quantitative estimate of drug-likeness (QED) is 0.584. The third-order valence-corrected chi connectivity index (χ3v) is 6.46. The van der Waals surface area contributed by atoms with E-state index in [0.29, 0.717) is 5.56 Å². The van der Waals surface area contributed by atoms with Crippen LogP contribution in [0.1, 0.15) is 19.4 Å². The number of urea groups is 1. The molecule has 184 valence electrons. The molecule has 0 radical (unpaired) electrons. The minimum absolute atomic E-state index is 0.0269. The number of nitrogens with one attached hydrogen (secondary N) is 1. The summed E-state index contributed by atoms with van der Waals surface area (Å²) in [6.45, 7) is 3.01. The molecule has 2 aromatic rings. The summed E-state index contributed by atoms with van der Waals surface area (Å²) in [4.78, 5) is 32.3. The summed E-state index contributed by atoms with van der Waals surface area (Å²) >= 11 is 0. The predicted octanol–water partition coefficient (Wildman–Crippen LogP) is 2.95. The van der Waals surface area contributed by atoms with Crippen LogP contribution in [0.2, 0.25) is 0 Å². The van der Waals surface area contributed by atoms with Crippen molar-refractivity contribution in [2.24, 2.45) is 0 Å². The molecule has 0 aliphatic carbocycles. The van der Waals surface area contributed by atoms with Crippen molar-refractivity contribution in [1.82, 2.24) is 14.2 Å². The second kappa shape index (κ2) is 8.76. The lowest BCUT2D eigenvalue weighted by atomic mass is 10.0. The Balaban J connectivity index is 1.84. The third-order valence-electron chi connectivity index (χ3n) is 5.03. The number of imide groups is 1. The molecule has 1 aromatic carbocycles. The number of aromatic nitrogens is 1. The monoisotopic (exact) mass is 501 g/mol. The van der Waals surface area contributed by atoms with Gasteiger partial charge >= 0.3 is 22.6 Å². The summed E-state index contributed by atoms with van der Waals surface area (Å²) in [5.74, 6) is -1.04. The summed E-state index contributed by atoms with van der Waals surface area (Å²) in [6.07, 6.45) is -3.51. The Labute approximate surface area is 194 Å². The van der Waals surface area contributed by atoms with Crippen molar-refractivity contribution in [3.63, 3.8) is 0 Å². The maximum absolute atomic E-state index is 13.1.